The lowest BCUT2D eigenvalue weighted by Crippen LogP contribution is -2.56. The molecule has 6 rings (SSSR count). The number of likely N-dealkylation sites (tertiary alicyclic amines) is 2. The van der Waals surface area contributed by atoms with Crippen LogP contribution in [0.4, 0.5) is 15.3 Å². The summed E-state index contributed by atoms with van der Waals surface area (Å²) < 4.78 is 11.4. The fourth-order valence-corrected chi connectivity index (χ4v) is 7.92. The second kappa shape index (κ2) is 21.6. The lowest BCUT2D eigenvalue weighted by molar-refractivity contribution is -0.229. The van der Waals surface area contributed by atoms with Gasteiger partial charge >= 0.3 is 12.1 Å². The van der Waals surface area contributed by atoms with Gasteiger partial charge in [-0.1, -0.05) is 83.2 Å². The Bertz CT molecular complexity index is 1520. The molecule has 4 heterocycles. The number of aliphatic hydroxyl groups is 3. The average molecular weight is 780 g/mol. The molecule has 4 aliphatic heterocycles. The molecule has 5 atom stereocenters. The highest BCUT2D eigenvalue weighted by Gasteiger charge is 2.38. The van der Waals surface area contributed by atoms with E-state index in [0.717, 1.165) is 36.1 Å². The van der Waals surface area contributed by atoms with Gasteiger partial charge in [0, 0.05) is 57.3 Å². The number of unbranched alkanes of at least 4 members (excludes halogenated alkanes) is 4. The van der Waals surface area contributed by atoms with E-state index in [2.05, 4.69) is 31.4 Å². The molecular weight excluding hydrogens is 714 g/mol. The predicted molar refractivity (Wildman–Crippen MR) is 215 cm³/mol. The van der Waals surface area contributed by atoms with Crippen molar-refractivity contribution in [1.82, 2.24) is 20.0 Å². The standard InChI is InChI=1S/C36H49N5O8.C7H16/c1-23-10-15-39(16-11-23)34(45)29(20-24-6-8-27(9-7-24)48-32-21-30(43)33(44)31(22-42)49-32)38-35(46)40-17-13-26(14-18-40)41-19-12-25-4-2-3-5-28(25)37-36(41)47;1-3-5-7-6-4-2/h2-9,23,26,29-33,42-44H,10-22H2,1H3,(H,37,47)(H,38,46);3-7H2,1-2H3/t29-,30?,31?,32+,33+;/m1./s1. The van der Waals surface area contributed by atoms with Crippen LogP contribution in [0.2, 0.25) is 0 Å². The lowest BCUT2D eigenvalue weighted by Gasteiger charge is -2.38. The topological polar surface area (TPSA) is 164 Å². The molecule has 5 N–H and O–H groups in total. The van der Waals surface area contributed by atoms with E-state index in [1.165, 1.54) is 32.1 Å². The molecule has 4 aliphatic rings. The first-order chi connectivity index (χ1) is 27.1. The number of benzene rings is 2. The van der Waals surface area contributed by atoms with Crippen molar-refractivity contribution in [3.63, 3.8) is 0 Å². The third-order valence-electron chi connectivity index (χ3n) is 11.6. The van der Waals surface area contributed by atoms with Crippen molar-refractivity contribution < 1.29 is 39.2 Å². The third-order valence-corrected chi connectivity index (χ3v) is 11.6. The molecule has 56 heavy (non-hydrogen) atoms. The number of hydrogen-bond acceptors (Lipinski definition) is 8. The minimum Gasteiger partial charge on any atom is -0.465 e. The van der Waals surface area contributed by atoms with E-state index in [0.29, 0.717) is 63.7 Å². The molecule has 2 aromatic rings. The molecule has 0 saturated carbocycles. The monoisotopic (exact) mass is 779 g/mol. The molecule has 0 aliphatic carbocycles. The van der Waals surface area contributed by atoms with E-state index in [1.807, 2.05) is 46.2 Å². The van der Waals surface area contributed by atoms with Crippen molar-refractivity contribution in [2.45, 2.75) is 135 Å². The maximum Gasteiger partial charge on any atom is 0.322 e. The summed E-state index contributed by atoms with van der Waals surface area (Å²) in [4.78, 5) is 46.0. The number of hydrogen-bond donors (Lipinski definition) is 5. The van der Waals surface area contributed by atoms with Gasteiger partial charge in [0.05, 0.1) is 12.7 Å². The van der Waals surface area contributed by atoms with Gasteiger partial charge in [0.2, 0.25) is 12.2 Å². The summed E-state index contributed by atoms with van der Waals surface area (Å²) in [7, 11) is 0. The van der Waals surface area contributed by atoms with Crippen LogP contribution in [0.25, 0.3) is 0 Å². The zero-order valence-electron chi connectivity index (χ0n) is 33.6. The number of rotatable bonds is 12. The molecule has 3 fully saturated rings. The zero-order chi connectivity index (χ0) is 40.0. The highest BCUT2D eigenvalue weighted by molar-refractivity contribution is 5.91. The number of ether oxygens (including phenoxy) is 2. The van der Waals surface area contributed by atoms with Crippen LogP contribution in [0.15, 0.2) is 48.5 Å². The largest absolute Gasteiger partial charge is 0.465 e. The molecule has 2 unspecified atom stereocenters. The van der Waals surface area contributed by atoms with Gasteiger partial charge in [0.25, 0.3) is 0 Å². The highest BCUT2D eigenvalue weighted by atomic mass is 16.7. The molecule has 310 valence electrons. The van der Waals surface area contributed by atoms with Crippen molar-refractivity contribution in [3.8, 4) is 5.75 Å². The molecule has 13 nitrogen and oxygen atoms in total. The summed E-state index contributed by atoms with van der Waals surface area (Å²) in [5, 5.41) is 35.7. The maximum absolute atomic E-state index is 13.8. The van der Waals surface area contributed by atoms with Crippen molar-refractivity contribution in [2.75, 3.05) is 44.6 Å². The Morgan fingerprint density at radius 3 is 2.23 bits per heavy atom. The molecule has 2 aromatic carbocycles. The van der Waals surface area contributed by atoms with Crippen LogP contribution < -0.4 is 15.4 Å². The second-order valence-corrected chi connectivity index (χ2v) is 15.9. The first-order valence-electron chi connectivity index (χ1n) is 21.0. The number of anilines is 1. The Hall–Kier alpha value is -3.91. The summed E-state index contributed by atoms with van der Waals surface area (Å²) in [5.41, 5.74) is 2.80. The van der Waals surface area contributed by atoms with E-state index in [4.69, 9.17) is 9.47 Å². The van der Waals surface area contributed by atoms with Gasteiger partial charge in [0.15, 0.2) is 0 Å². The van der Waals surface area contributed by atoms with Crippen LogP contribution in [-0.4, -0.2) is 124 Å². The van der Waals surface area contributed by atoms with Crippen LogP contribution in [-0.2, 0) is 22.4 Å². The van der Waals surface area contributed by atoms with Gasteiger partial charge in [0.1, 0.15) is 24.0 Å². The Balaban J connectivity index is 0.000000784. The Labute approximate surface area is 332 Å². The minimum atomic E-state index is -1.19. The van der Waals surface area contributed by atoms with Crippen LogP contribution in [0, 0.1) is 5.92 Å². The zero-order valence-corrected chi connectivity index (χ0v) is 33.6. The fraction of sp³-hybridized carbons (Fsp3) is 0.651. The molecule has 5 amide bonds. The van der Waals surface area contributed by atoms with Crippen molar-refractivity contribution >= 4 is 23.7 Å². The first kappa shape index (κ1) is 43.2. The number of urea groups is 2. The quantitative estimate of drug-likeness (QED) is 0.181. The Morgan fingerprint density at radius 2 is 1.57 bits per heavy atom. The molecule has 13 heteroatoms. The number of nitrogens with zero attached hydrogens (tertiary/aromatic N) is 3. The maximum atomic E-state index is 13.8. The molecule has 0 spiro atoms. The summed E-state index contributed by atoms with van der Waals surface area (Å²) in [5.74, 6) is 0.918. The summed E-state index contributed by atoms with van der Waals surface area (Å²) in [6.07, 6.45) is 7.22. The predicted octanol–water partition coefficient (Wildman–Crippen LogP) is 5.31. The second-order valence-electron chi connectivity index (χ2n) is 15.9. The highest BCUT2D eigenvalue weighted by Crippen LogP contribution is 2.27. The first-order valence-corrected chi connectivity index (χ1v) is 21.0. The number of aliphatic hydroxyl groups excluding tert-OH is 3. The SMILES string of the molecule is CC1CCN(C(=O)[C@@H](Cc2ccc(O[C@@H]3CC(O)[C@H](O)C(CO)O3)cc2)NC(=O)N2CCC(N3CCc4ccccc4NC3=O)CC2)CC1.CCCCCCC. The molecule has 0 aromatic heterocycles. The number of carbonyl (C=O) groups is 3. The van der Waals surface area contributed by atoms with Gasteiger partial charge in [-0.2, -0.15) is 0 Å². The van der Waals surface area contributed by atoms with Gasteiger partial charge in [-0.15, -0.1) is 0 Å². The van der Waals surface area contributed by atoms with Crippen LogP contribution in [0.1, 0.15) is 96.1 Å². The average Bonchev–Trinajstić information content (AvgIpc) is 3.38. The van der Waals surface area contributed by atoms with E-state index >= 15 is 0 Å². The Kier molecular flexibility index (Phi) is 16.6. The van der Waals surface area contributed by atoms with Gasteiger partial charge in [-0.25, -0.2) is 9.59 Å². The Morgan fingerprint density at radius 1 is 0.911 bits per heavy atom. The summed E-state index contributed by atoms with van der Waals surface area (Å²) in [6.45, 7) is 9.12. The number of nitrogens with one attached hydrogen (secondary N) is 2. The van der Waals surface area contributed by atoms with Gasteiger partial charge < -0.3 is 50.1 Å². The van der Waals surface area contributed by atoms with E-state index < -0.39 is 37.3 Å². The van der Waals surface area contributed by atoms with Crippen molar-refractivity contribution in [1.29, 1.82) is 0 Å². The summed E-state index contributed by atoms with van der Waals surface area (Å²) in [6, 6.07) is 13.8. The number of fused-ring (bicyclic) bond motifs is 1. The molecule has 3 saturated heterocycles. The van der Waals surface area contributed by atoms with Crippen LogP contribution in [0.5, 0.6) is 5.75 Å². The summed E-state index contributed by atoms with van der Waals surface area (Å²) >= 11 is 0. The van der Waals surface area contributed by atoms with Crippen molar-refractivity contribution in [3.05, 3.63) is 59.7 Å². The number of piperidine rings is 2. The van der Waals surface area contributed by atoms with Crippen molar-refractivity contribution in [2.24, 2.45) is 5.92 Å². The molecule has 0 radical (unpaired) electrons. The molecule has 0 bridgehead atoms. The van der Waals surface area contributed by atoms with E-state index in [-0.39, 0.29) is 30.4 Å². The number of carbonyl (C=O) groups excluding carboxylic acids is 3. The van der Waals surface area contributed by atoms with Gasteiger partial charge in [-0.05, 0) is 67.3 Å². The minimum absolute atomic E-state index is 0.0220. The number of para-hydroxylation sites is 1. The third kappa shape index (κ3) is 12.0. The smallest absolute Gasteiger partial charge is 0.322 e. The van der Waals surface area contributed by atoms with E-state index in [1.54, 1.807) is 17.0 Å². The van der Waals surface area contributed by atoms with Crippen LogP contribution in [0.3, 0.4) is 0 Å². The normalized spacial score (nSPS) is 23.9. The van der Waals surface area contributed by atoms with E-state index in [9.17, 15) is 29.7 Å². The van der Waals surface area contributed by atoms with Crippen LogP contribution >= 0.6 is 0 Å². The lowest BCUT2D eigenvalue weighted by atomic mass is 9.97. The molecular formula is C43H65N5O8. The number of amides is 5. The van der Waals surface area contributed by atoms with Gasteiger partial charge in [-0.3, -0.25) is 4.79 Å². The fourth-order valence-electron chi connectivity index (χ4n) is 7.92.